The molecule has 0 aliphatic rings. The van der Waals surface area contributed by atoms with Gasteiger partial charge < -0.3 is 28.8 Å². The lowest BCUT2D eigenvalue weighted by atomic mass is 10.0. The first-order valence-electron chi connectivity index (χ1n) is 20.3. The van der Waals surface area contributed by atoms with Crippen LogP contribution in [0.15, 0.2) is 36.5 Å². The monoisotopic (exact) mass is 727 g/mol. The molecule has 0 aromatic carbocycles. The summed E-state index contributed by atoms with van der Waals surface area (Å²) < 4.78 is 23.0. The van der Waals surface area contributed by atoms with Crippen LogP contribution in [0.1, 0.15) is 168 Å². The van der Waals surface area contributed by atoms with Crippen LogP contribution in [0, 0.1) is 0 Å². The normalized spacial score (nSPS) is 14.9. The highest BCUT2D eigenvalue weighted by Crippen LogP contribution is 2.38. The van der Waals surface area contributed by atoms with Gasteiger partial charge in [-0.15, -0.1) is 0 Å². The Bertz CT molecular complexity index is 917. The smallest absolute Gasteiger partial charge is 0.268 e. The Morgan fingerprint density at radius 1 is 0.700 bits per heavy atom. The minimum atomic E-state index is -4.55. The van der Waals surface area contributed by atoms with Crippen molar-refractivity contribution in [1.82, 2.24) is 5.32 Å². The van der Waals surface area contributed by atoms with Crippen LogP contribution in [-0.4, -0.2) is 68.5 Å². The van der Waals surface area contributed by atoms with Crippen LogP contribution in [-0.2, 0) is 18.4 Å². The standard InChI is InChI=1S/C41H79N2O6P/c1-6-8-10-12-13-14-15-16-17-18-19-20-21-22-23-24-25-26-27-28-29-31-33-35-41(45)42-39(40(44)34-32-30-11-9-7-2)38-49-50(46,47)48-37-36-43(3,4)5/h15-16,18-19,21-22,39-40,44H,6-14,17,20,23-38H2,1-5H3,(H-,42,45,46,47)/b16-15-,19-18-,22-21-. The van der Waals surface area contributed by atoms with E-state index in [9.17, 15) is 19.4 Å². The van der Waals surface area contributed by atoms with Gasteiger partial charge in [0, 0.05) is 6.42 Å². The lowest BCUT2D eigenvalue weighted by Gasteiger charge is -2.30. The summed E-state index contributed by atoms with van der Waals surface area (Å²) in [6.45, 7) is 4.59. The molecule has 0 aromatic rings. The summed E-state index contributed by atoms with van der Waals surface area (Å²) in [7, 11) is 1.29. The van der Waals surface area contributed by atoms with E-state index in [1.807, 2.05) is 21.1 Å². The molecule has 0 saturated heterocycles. The summed E-state index contributed by atoms with van der Waals surface area (Å²) in [5.41, 5.74) is 0. The summed E-state index contributed by atoms with van der Waals surface area (Å²) >= 11 is 0. The number of rotatable bonds is 36. The van der Waals surface area contributed by atoms with Crippen molar-refractivity contribution < 1.29 is 32.9 Å². The number of hydrogen-bond donors (Lipinski definition) is 2. The fourth-order valence-corrected chi connectivity index (χ4v) is 6.30. The number of nitrogens with one attached hydrogen (secondary N) is 1. The van der Waals surface area contributed by atoms with Crippen molar-refractivity contribution in [2.75, 3.05) is 40.9 Å². The zero-order chi connectivity index (χ0) is 37.2. The Morgan fingerprint density at radius 3 is 1.68 bits per heavy atom. The van der Waals surface area contributed by atoms with Crippen LogP contribution in [0.3, 0.4) is 0 Å². The maximum absolute atomic E-state index is 12.7. The summed E-state index contributed by atoms with van der Waals surface area (Å²) in [6.07, 6.45) is 39.0. The summed E-state index contributed by atoms with van der Waals surface area (Å²) in [6, 6.07) is -0.800. The van der Waals surface area contributed by atoms with E-state index in [4.69, 9.17) is 9.05 Å². The second-order valence-corrected chi connectivity index (χ2v) is 16.4. The molecule has 9 heteroatoms. The number of unbranched alkanes of at least 4 members (excludes halogenated alkanes) is 17. The molecule has 294 valence electrons. The van der Waals surface area contributed by atoms with Crippen molar-refractivity contribution >= 4 is 13.7 Å². The van der Waals surface area contributed by atoms with E-state index in [2.05, 4.69) is 55.6 Å². The van der Waals surface area contributed by atoms with Gasteiger partial charge in [-0.05, 0) is 51.4 Å². The number of allylic oxidation sites excluding steroid dienone is 6. The minimum Gasteiger partial charge on any atom is -0.756 e. The molecule has 0 bridgehead atoms. The topological polar surface area (TPSA) is 108 Å². The van der Waals surface area contributed by atoms with Gasteiger partial charge in [-0.3, -0.25) is 9.36 Å². The number of carbonyl (C=O) groups is 1. The van der Waals surface area contributed by atoms with Crippen LogP contribution in [0.2, 0.25) is 0 Å². The predicted molar refractivity (Wildman–Crippen MR) is 210 cm³/mol. The highest BCUT2D eigenvalue weighted by Gasteiger charge is 2.24. The van der Waals surface area contributed by atoms with Gasteiger partial charge in [0.15, 0.2) is 0 Å². The van der Waals surface area contributed by atoms with Crippen LogP contribution in [0.4, 0.5) is 0 Å². The first-order valence-corrected chi connectivity index (χ1v) is 21.8. The maximum Gasteiger partial charge on any atom is 0.268 e. The predicted octanol–water partition coefficient (Wildman–Crippen LogP) is 10.1. The van der Waals surface area contributed by atoms with Crippen LogP contribution in [0.5, 0.6) is 0 Å². The molecule has 0 radical (unpaired) electrons. The van der Waals surface area contributed by atoms with E-state index < -0.39 is 20.0 Å². The number of hydrogen-bond acceptors (Lipinski definition) is 6. The van der Waals surface area contributed by atoms with Gasteiger partial charge in [0.1, 0.15) is 13.2 Å². The lowest BCUT2D eigenvalue weighted by Crippen LogP contribution is -2.46. The molecule has 50 heavy (non-hydrogen) atoms. The van der Waals surface area contributed by atoms with E-state index >= 15 is 0 Å². The molecular weight excluding hydrogens is 647 g/mol. The molecule has 8 nitrogen and oxygen atoms in total. The van der Waals surface area contributed by atoms with Crippen LogP contribution >= 0.6 is 7.82 Å². The van der Waals surface area contributed by atoms with Crippen molar-refractivity contribution in [3.63, 3.8) is 0 Å². The number of likely N-dealkylation sites (N-methyl/N-ethyl adjacent to an activating group) is 1. The molecular formula is C41H79N2O6P. The zero-order valence-electron chi connectivity index (χ0n) is 33.1. The van der Waals surface area contributed by atoms with Crippen LogP contribution < -0.4 is 10.2 Å². The van der Waals surface area contributed by atoms with Gasteiger partial charge >= 0.3 is 0 Å². The molecule has 0 aromatic heterocycles. The Kier molecular flexibility index (Phi) is 32.7. The Labute approximate surface area is 308 Å². The van der Waals surface area contributed by atoms with Gasteiger partial charge in [-0.1, -0.05) is 147 Å². The number of nitrogens with zero attached hydrogens (tertiary/aromatic N) is 1. The molecule has 0 rings (SSSR count). The van der Waals surface area contributed by atoms with Gasteiger partial charge in [0.25, 0.3) is 7.82 Å². The third-order valence-electron chi connectivity index (χ3n) is 8.88. The van der Waals surface area contributed by atoms with Gasteiger partial charge in [-0.2, -0.15) is 0 Å². The Morgan fingerprint density at radius 2 is 1.16 bits per heavy atom. The number of carbonyl (C=O) groups excluding carboxylic acids is 1. The number of phosphoric ester groups is 1. The minimum absolute atomic E-state index is 0.00855. The zero-order valence-corrected chi connectivity index (χ0v) is 34.0. The molecule has 3 atom stereocenters. The number of quaternary nitrogens is 1. The molecule has 3 unspecified atom stereocenters. The highest BCUT2D eigenvalue weighted by molar-refractivity contribution is 7.45. The molecule has 0 fully saturated rings. The molecule has 0 heterocycles. The number of aliphatic hydroxyl groups is 1. The van der Waals surface area contributed by atoms with Crippen molar-refractivity contribution in [3.05, 3.63) is 36.5 Å². The molecule has 0 aliphatic carbocycles. The SMILES string of the molecule is CCCCCCC/C=C\C/C=C\C/C=C\CCCCCCCCCCC(=O)NC(COP(=O)([O-])OCC[N+](C)(C)C)C(O)CCCCCCC. The van der Waals surface area contributed by atoms with Gasteiger partial charge in [-0.25, -0.2) is 0 Å². The van der Waals surface area contributed by atoms with Gasteiger partial charge in [0.05, 0.1) is 39.9 Å². The molecule has 0 aliphatic heterocycles. The quantitative estimate of drug-likeness (QED) is 0.0288. The summed E-state index contributed by atoms with van der Waals surface area (Å²) in [5.74, 6) is -0.181. The van der Waals surface area contributed by atoms with E-state index in [0.29, 0.717) is 23.9 Å². The van der Waals surface area contributed by atoms with Crippen molar-refractivity contribution in [2.24, 2.45) is 0 Å². The molecule has 0 spiro atoms. The second kappa shape index (κ2) is 33.5. The van der Waals surface area contributed by atoms with Crippen molar-refractivity contribution in [3.8, 4) is 0 Å². The van der Waals surface area contributed by atoms with E-state index in [1.54, 1.807) is 0 Å². The summed E-state index contributed by atoms with van der Waals surface area (Å²) in [4.78, 5) is 25.0. The van der Waals surface area contributed by atoms with Crippen molar-refractivity contribution in [2.45, 2.75) is 180 Å². The average Bonchev–Trinajstić information content (AvgIpc) is 3.06. The number of phosphoric acid groups is 1. The van der Waals surface area contributed by atoms with E-state index in [1.165, 1.54) is 70.6 Å². The fraction of sp³-hybridized carbons (Fsp3) is 0.829. The average molecular weight is 727 g/mol. The number of aliphatic hydroxyl groups excluding tert-OH is 1. The number of amides is 1. The van der Waals surface area contributed by atoms with E-state index in [0.717, 1.165) is 70.6 Å². The first kappa shape index (κ1) is 48.7. The second-order valence-electron chi connectivity index (χ2n) is 15.0. The Balaban J connectivity index is 4.12. The van der Waals surface area contributed by atoms with Crippen LogP contribution in [0.25, 0.3) is 0 Å². The van der Waals surface area contributed by atoms with Crippen molar-refractivity contribution in [1.29, 1.82) is 0 Å². The summed E-state index contributed by atoms with van der Waals surface area (Å²) in [5, 5.41) is 13.7. The fourth-order valence-electron chi connectivity index (χ4n) is 5.57. The van der Waals surface area contributed by atoms with E-state index in [-0.39, 0.29) is 19.1 Å². The largest absolute Gasteiger partial charge is 0.756 e. The third-order valence-corrected chi connectivity index (χ3v) is 9.85. The molecule has 2 N–H and O–H groups in total. The molecule has 0 saturated carbocycles. The highest BCUT2D eigenvalue weighted by atomic mass is 31.2. The van der Waals surface area contributed by atoms with Gasteiger partial charge in [0.2, 0.25) is 5.91 Å². The Hall–Kier alpha value is -1.28. The maximum atomic E-state index is 12.7. The first-order chi connectivity index (χ1) is 24.0. The molecule has 1 amide bonds. The third kappa shape index (κ3) is 35.1. The lowest BCUT2D eigenvalue weighted by molar-refractivity contribution is -0.870.